The highest BCUT2D eigenvalue weighted by Crippen LogP contribution is 2.27. The molecule has 0 spiro atoms. The molecular formula is C33H45N3O4S. The first-order valence-electron chi connectivity index (χ1n) is 14.6. The predicted octanol–water partition coefficient (Wildman–Crippen LogP) is 4.50. The van der Waals surface area contributed by atoms with Crippen molar-refractivity contribution >= 4 is 16.9 Å². The van der Waals surface area contributed by atoms with E-state index in [0.29, 0.717) is 17.9 Å². The van der Waals surface area contributed by atoms with E-state index in [1.165, 1.54) is 0 Å². The summed E-state index contributed by atoms with van der Waals surface area (Å²) in [6.45, 7) is 4.48. The Morgan fingerprint density at radius 2 is 1.49 bits per heavy atom. The first-order valence-corrected chi connectivity index (χ1v) is 15.7. The molecule has 0 bridgehead atoms. The van der Waals surface area contributed by atoms with E-state index in [0.717, 1.165) is 42.4 Å². The Bertz CT molecular complexity index is 1150. The number of hydrogen-bond donors (Lipinski definition) is 4. The number of benzene rings is 3. The maximum Gasteiger partial charge on any atom is 0.238 e. The number of carbonyl (C=O) groups excluding carboxylic acids is 1. The standard InChI is InChI=1S/C33H45N3O4S/c1-3-22-36(41(40)30-20-18-25(23-37)19-21-30)29(24-38)17-11-16-28(4-2)35-33(39)32(34)31(26-12-7-5-8-13-26)27-14-9-6-10-15-27/h5-10,12-15,18-21,28-29,31-32,37-38H,3-4,11,16-17,22-24,34H2,1-2H3,(H,35,39). The van der Waals surface area contributed by atoms with Gasteiger partial charge in [-0.2, -0.15) is 0 Å². The number of nitrogens with one attached hydrogen (secondary N) is 1. The lowest BCUT2D eigenvalue weighted by molar-refractivity contribution is -0.123. The Morgan fingerprint density at radius 1 is 0.902 bits per heavy atom. The number of nitrogens with two attached hydrogens (primary N) is 1. The second-order valence-electron chi connectivity index (χ2n) is 10.4. The summed E-state index contributed by atoms with van der Waals surface area (Å²) < 4.78 is 15.3. The summed E-state index contributed by atoms with van der Waals surface area (Å²) >= 11 is 0. The van der Waals surface area contributed by atoms with Gasteiger partial charge in [0.25, 0.3) is 0 Å². The lowest BCUT2D eigenvalue weighted by Gasteiger charge is -2.30. The molecule has 0 aliphatic carbocycles. The molecule has 0 aromatic heterocycles. The molecule has 222 valence electrons. The van der Waals surface area contributed by atoms with E-state index in [1.807, 2.05) is 78.8 Å². The summed E-state index contributed by atoms with van der Waals surface area (Å²) in [6, 6.07) is 25.7. The van der Waals surface area contributed by atoms with Gasteiger partial charge in [0.15, 0.2) is 0 Å². The minimum absolute atomic E-state index is 0.0590. The Hall–Kier alpha value is -2.88. The molecule has 0 saturated heterocycles. The summed E-state index contributed by atoms with van der Waals surface area (Å²) in [4.78, 5) is 14.0. The van der Waals surface area contributed by atoms with Crippen LogP contribution < -0.4 is 11.1 Å². The Morgan fingerprint density at radius 3 is 1.98 bits per heavy atom. The number of rotatable bonds is 17. The van der Waals surface area contributed by atoms with Crippen LogP contribution in [0.1, 0.15) is 68.6 Å². The molecule has 0 saturated carbocycles. The predicted molar refractivity (Wildman–Crippen MR) is 165 cm³/mol. The van der Waals surface area contributed by atoms with E-state index >= 15 is 0 Å². The summed E-state index contributed by atoms with van der Waals surface area (Å²) in [6.07, 6.45) is 3.68. The molecule has 5 N–H and O–H groups in total. The molecule has 4 atom stereocenters. The van der Waals surface area contributed by atoms with Crippen LogP contribution in [-0.4, -0.2) is 55.9 Å². The SMILES string of the molecule is CCCN(C(CO)CCCC(CC)NC(=O)C(N)C(c1ccccc1)c1ccccc1)S(=O)c1ccc(CO)cc1. The number of aliphatic hydroxyl groups is 2. The number of carbonyl (C=O) groups is 1. The third kappa shape index (κ3) is 9.31. The van der Waals surface area contributed by atoms with E-state index in [9.17, 15) is 19.2 Å². The van der Waals surface area contributed by atoms with Gasteiger partial charge in [-0.3, -0.25) is 4.79 Å². The third-order valence-corrected chi connectivity index (χ3v) is 9.07. The van der Waals surface area contributed by atoms with Crippen LogP contribution >= 0.6 is 0 Å². The molecule has 1 amide bonds. The van der Waals surface area contributed by atoms with E-state index < -0.39 is 17.0 Å². The first kappa shape index (κ1) is 32.6. The zero-order chi connectivity index (χ0) is 29.6. The third-order valence-electron chi connectivity index (χ3n) is 7.49. The van der Waals surface area contributed by atoms with Crippen molar-refractivity contribution in [3.8, 4) is 0 Å². The number of amides is 1. The van der Waals surface area contributed by atoms with Crippen LogP contribution in [0.3, 0.4) is 0 Å². The van der Waals surface area contributed by atoms with Crippen LogP contribution in [0, 0.1) is 0 Å². The topological polar surface area (TPSA) is 116 Å². The molecule has 0 heterocycles. The van der Waals surface area contributed by atoms with Crippen molar-refractivity contribution in [1.29, 1.82) is 0 Å². The fraction of sp³-hybridized carbons (Fsp3) is 0.424. The van der Waals surface area contributed by atoms with Gasteiger partial charge in [-0.25, -0.2) is 8.51 Å². The Labute approximate surface area is 247 Å². The van der Waals surface area contributed by atoms with Gasteiger partial charge in [-0.15, -0.1) is 0 Å². The van der Waals surface area contributed by atoms with Gasteiger partial charge in [0, 0.05) is 24.5 Å². The van der Waals surface area contributed by atoms with Crippen LogP contribution in [-0.2, 0) is 22.4 Å². The molecule has 3 aromatic rings. The second-order valence-corrected chi connectivity index (χ2v) is 11.8. The summed E-state index contributed by atoms with van der Waals surface area (Å²) in [5.41, 5.74) is 9.36. The minimum Gasteiger partial charge on any atom is -0.395 e. The Balaban J connectivity index is 1.63. The van der Waals surface area contributed by atoms with E-state index in [-0.39, 0.29) is 37.1 Å². The van der Waals surface area contributed by atoms with E-state index in [4.69, 9.17) is 5.73 Å². The molecule has 8 heteroatoms. The molecular weight excluding hydrogens is 534 g/mol. The van der Waals surface area contributed by atoms with Gasteiger partial charge in [-0.1, -0.05) is 86.6 Å². The van der Waals surface area contributed by atoms with Crippen LogP contribution in [0.5, 0.6) is 0 Å². The fourth-order valence-corrected chi connectivity index (χ4v) is 6.58. The van der Waals surface area contributed by atoms with E-state index in [2.05, 4.69) is 5.32 Å². The highest BCUT2D eigenvalue weighted by molar-refractivity contribution is 7.82. The molecule has 7 nitrogen and oxygen atoms in total. The van der Waals surface area contributed by atoms with Crippen LogP contribution in [0.4, 0.5) is 0 Å². The minimum atomic E-state index is -1.43. The van der Waals surface area contributed by atoms with Gasteiger partial charge < -0.3 is 21.3 Å². The van der Waals surface area contributed by atoms with Crippen molar-refractivity contribution in [2.75, 3.05) is 13.2 Å². The van der Waals surface area contributed by atoms with Crippen molar-refractivity contribution in [2.45, 2.75) is 81.5 Å². The van der Waals surface area contributed by atoms with Crippen molar-refractivity contribution < 1.29 is 19.2 Å². The summed E-state index contributed by atoms with van der Waals surface area (Å²) in [5.74, 6) is -0.453. The molecule has 3 rings (SSSR count). The van der Waals surface area contributed by atoms with Crippen LogP contribution in [0.25, 0.3) is 0 Å². The van der Waals surface area contributed by atoms with Crippen molar-refractivity contribution in [3.05, 3.63) is 102 Å². The van der Waals surface area contributed by atoms with Gasteiger partial charge in [0.1, 0.15) is 11.0 Å². The molecule has 3 aromatic carbocycles. The monoisotopic (exact) mass is 579 g/mol. The number of aliphatic hydroxyl groups excluding tert-OH is 2. The molecule has 0 aliphatic rings. The maximum absolute atomic E-state index is 13.4. The number of hydrogen-bond acceptors (Lipinski definition) is 5. The van der Waals surface area contributed by atoms with Crippen molar-refractivity contribution in [2.24, 2.45) is 5.73 Å². The quantitative estimate of drug-likeness (QED) is 0.188. The number of nitrogens with zero attached hydrogens (tertiary/aromatic N) is 1. The highest BCUT2D eigenvalue weighted by Gasteiger charge is 2.29. The first-order chi connectivity index (χ1) is 19.9. The van der Waals surface area contributed by atoms with Crippen LogP contribution in [0.15, 0.2) is 89.8 Å². The van der Waals surface area contributed by atoms with Gasteiger partial charge >= 0.3 is 0 Å². The van der Waals surface area contributed by atoms with E-state index in [1.54, 1.807) is 24.3 Å². The molecule has 0 aliphatic heterocycles. The molecule has 41 heavy (non-hydrogen) atoms. The van der Waals surface area contributed by atoms with Gasteiger partial charge in [0.2, 0.25) is 5.91 Å². The zero-order valence-corrected chi connectivity index (χ0v) is 25.0. The normalized spacial score (nSPS) is 14.5. The average molecular weight is 580 g/mol. The lowest BCUT2D eigenvalue weighted by Crippen LogP contribution is -2.48. The lowest BCUT2D eigenvalue weighted by atomic mass is 9.85. The summed E-state index contributed by atoms with van der Waals surface area (Å²) in [7, 11) is -1.43. The molecule has 0 radical (unpaired) electrons. The van der Waals surface area contributed by atoms with Crippen molar-refractivity contribution in [3.63, 3.8) is 0 Å². The highest BCUT2D eigenvalue weighted by atomic mass is 32.2. The largest absolute Gasteiger partial charge is 0.395 e. The van der Waals surface area contributed by atoms with Gasteiger partial charge in [-0.05, 0) is 60.9 Å². The molecule has 0 fully saturated rings. The smallest absolute Gasteiger partial charge is 0.238 e. The van der Waals surface area contributed by atoms with Gasteiger partial charge in [0.05, 0.1) is 24.2 Å². The molecule has 4 unspecified atom stereocenters. The fourth-order valence-electron chi connectivity index (χ4n) is 5.15. The van der Waals surface area contributed by atoms with Crippen molar-refractivity contribution in [1.82, 2.24) is 9.62 Å². The second kappa shape index (κ2) is 17.2. The zero-order valence-electron chi connectivity index (χ0n) is 24.2. The maximum atomic E-state index is 13.4. The average Bonchev–Trinajstić information content (AvgIpc) is 3.02. The Kier molecular flexibility index (Phi) is 13.7. The van der Waals surface area contributed by atoms with Crippen LogP contribution in [0.2, 0.25) is 0 Å². The summed E-state index contributed by atoms with van der Waals surface area (Å²) in [5, 5.41) is 22.7.